The molecule has 3 aromatic rings. The Kier molecular flexibility index (Phi) is 8.06. The Morgan fingerprint density at radius 1 is 1.16 bits per heavy atom. The predicted molar refractivity (Wildman–Crippen MR) is 115 cm³/mol. The number of furan rings is 1. The fourth-order valence-corrected chi connectivity index (χ4v) is 3.12. The van der Waals surface area contributed by atoms with Gasteiger partial charge in [0.15, 0.2) is 0 Å². The van der Waals surface area contributed by atoms with Crippen molar-refractivity contribution >= 4 is 16.9 Å². The Balaban J connectivity index is 1.76. The van der Waals surface area contributed by atoms with Crippen LogP contribution in [0.2, 0.25) is 0 Å². The fourth-order valence-electron chi connectivity index (χ4n) is 3.12. The highest BCUT2D eigenvalue weighted by Crippen LogP contribution is 2.28. The predicted octanol–water partition coefficient (Wildman–Crippen LogP) is 4.34. The lowest BCUT2D eigenvalue weighted by molar-refractivity contribution is -0.0997. The van der Waals surface area contributed by atoms with Gasteiger partial charge in [-0.15, -0.1) is 0 Å². The smallest absolute Gasteiger partial charge is 0.313 e. The van der Waals surface area contributed by atoms with E-state index in [9.17, 15) is 10.0 Å². The third-order valence-corrected chi connectivity index (χ3v) is 4.92. The first-order valence-corrected chi connectivity index (χ1v) is 10.1. The Labute approximate surface area is 182 Å². The van der Waals surface area contributed by atoms with Crippen LogP contribution < -0.4 is 4.74 Å². The number of hydrogen-bond acceptors (Lipinski definition) is 6. The lowest BCUT2D eigenvalue weighted by Crippen LogP contribution is -2.41. The summed E-state index contributed by atoms with van der Waals surface area (Å²) in [6.45, 7) is 8.63. The minimum atomic E-state index is -0.644. The van der Waals surface area contributed by atoms with Crippen molar-refractivity contribution in [2.45, 2.75) is 26.0 Å². The van der Waals surface area contributed by atoms with E-state index in [1.54, 1.807) is 37.4 Å². The molecule has 0 unspecified atom stereocenters. The summed E-state index contributed by atoms with van der Waals surface area (Å²) in [4.78, 5) is 13.1. The number of rotatable bonds is 11. The molecule has 7 nitrogen and oxygen atoms in total. The van der Waals surface area contributed by atoms with E-state index in [0.717, 1.165) is 5.39 Å². The second-order valence-corrected chi connectivity index (χ2v) is 7.04. The van der Waals surface area contributed by atoms with Crippen LogP contribution in [0.25, 0.3) is 11.0 Å². The van der Waals surface area contributed by atoms with E-state index in [2.05, 4.69) is 0 Å². The zero-order valence-corrected chi connectivity index (χ0v) is 17.7. The van der Waals surface area contributed by atoms with E-state index in [1.165, 1.54) is 0 Å². The highest BCUT2D eigenvalue weighted by atomic mass is 16.5. The molecule has 2 aromatic carbocycles. The number of carbonyl (C=O) groups is 1. The first kappa shape index (κ1) is 22.8. The maximum Gasteiger partial charge on any atom is 0.313 e. The minimum Gasteiger partial charge on any atom is -0.491 e. The molecular weight excluding hydrogens is 398 g/mol. The van der Waals surface area contributed by atoms with Gasteiger partial charge in [0.05, 0.1) is 25.9 Å². The average molecular weight is 425 g/mol. The number of hydrogen-bond donors (Lipinski definition) is 1. The van der Waals surface area contributed by atoms with Gasteiger partial charge < -0.3 is 18.6 Å². The Bertz CT molecular complexity index is 981. The van der Waals surface area contributed by atoms with Gasteiger partial charge in [-0.2, -0.15) is 0 Å². The zero-order valence-electron chi connectivity index (χ0n) is 17.7. The Morgan fingerprint density at radius 3 is 2.61 bits per heavy atom. The molecule has 164 valence electrons. The summed E-state index contributed by atoms with van der Waals surface area (Å²) >= 11 is 0. The van der Waals surface area contributed by atoms with Crippen molar-refractivity contribution < 1.29 is 28.6 Å². The van der Waals surface area contributed by atoms with E-state index in [-0.39, 0.29) is 19.0 Å². The van der Waals surface area contributed by atoms with E-state index < -0.39 is 11.9 Å². The van der Waals surface area contributed by atoms with Gasteiger partial charge in [0, 0.05) is 18.1 Å². The van der Waals surface area contributed by atoms with Gasteiger partial charge >= 0.3 is 5.91 Å². The van der Waals surface area contributed by atoms with Crippen LogP contribution in [0.1, 0.15) is 35.0 Å². The number of para-hydroxylation sites is 1. The summed E-state index contributed by atoms with van der Waals surface area (Å²) in [6, 6.07) is 13.7. The molecule has 0 saturated carbocycles. The van der Waals surface area contributed by atoms with Gasteiger partial charge in [-0.1, -0.05) is 37.3 Å². The van der Waals surface area contributed by atoms with Crippen LogP contribution in [0.5, 0.6) is 5.75 Å². The van der Waals surface area contributed by atoms with Gasteiger partial charge in [-0.3, -0.25) is 10.0 Å². The molecule has 1 atom stereocenters. The largest absolute Gasteiger partial charge is 0.491 e. The standard InChI is InChI=1S/C24H27NO6/c1-4-18(15-30-19-11-9-17(2)10-12-19)25(27)24(26)23-21(16-29-14-13-28-3)20-7-5-6-8-22(20)31-23/h2,5-12,18,27H,4,13-16H2,1,3H3/t18-/m0/s1. The zero-order chi connectivity index (χ0) is 22.2. The quantitative estimate of drug-likeness (QED) is 0.280. The van der Waals surface area contributed by atoms with E-state index in [4.69, 9.17) is 25.6 Å². The van der Waals surface area contributed by atoms with Crippen LogP contribution in [0.15, 0.2) is 52.9 Å². The molecule has 1 aromatic heterocycles. The second kappa shape index (κ2) is 10.9. The van der Waals surface area contributed by atoms with Crippen molar-refractivity contribution in [1.82, 2.24) is 5.06 Å². The van der Waals surface area contributed by atoms with Crippen LogP contribution in [0, 0.1) is 6.92 Å². The molecule has 0 aliphatic rings. The lowest BCUT2D eigenvalue weighted by atomic mass is 10.1. The number of methoxy groups -OCH3 is 1. The number of benzene rings is 2. The molecule has 0 fully saturated rings. The van der Waals surface area contributed by atoms with Crippen molar-refractivity contribution in [2.75, 3.05) is 26.9 Å². The van der Waals surface area contributed by atoms with Crippen molar-refractivity contribution in [3.8, 4) is 5.75 Å². The van der Waals surface area contributed by atoms with E-state index >= 15 is 0 Å². The fraction of sp³-hybridized carbons (Fsp3) is 0.333. The lowest BCUT2D eigenvalue weighted by Gasteiger charge is -2.24. The van der Waals surface area contributed by atoms with Crippen LogP contribution in [-0.4, -0.2) is 49.1 Å². The number of hydroxylamine groups is 2. The number of amides is 1. The molecule has 0 bridgehead atoms. The Morgan fingerprint density at radius 2 is 1.90 bits per heavy atom. The van der Waals surface area contributed by atoms with Gasteiger partial charge in [0.1, 0.15) is 17.9 Å². The van der Waals surface area contributed by atoms with Gasteiger partial charge in [0.2, 0.25) is 5.76 Å². The molecule has 1 amide bonds. The summed E-state index contributed by atoms with van der Waals surface area (Å²) in [5, 5.41) is 12.1. The summed E-state index contributed by atoms with van der Waals surface area (Å²) in [5.74, 6) is 0.00539. The van der Waals surface area contributed by atoms with Crippen molar-refractivity contribution in [1.29, 1.82) is 0 Å². The first-order chi connectivity index (χ1) is 15.0. The minimum absolute atomic E-state index is 0.0482. The van der Waals surface area contributed by atoms with E-state index in [1.807, 2.05) is 25.1 Å². The maximum atomic E-state index is 13.1. The number of nitrogens with zero attached hydrogens (tertiary/aromatic N) is 1. The molecule has 0 saturated heterocycles. The molecule has 1 N–H and O–H groups in total. The van der Waals surface area contributed by atoms with Gasteiger partial charge in [-0.05, 0) is 37.1 Å². The van der Waals surface area contributed by atoms with Crippen molar-refractivity contribution in [2.24, 2.45) is 0 Å². The maximum absolute atomic E-state index is 13.1. The molecule has 0 aliphatic heterocycles. The molecule has 0 aliphatic carbocycles. The SMILES string of the molecule is [CH]c1ccc(OC[C@H](CC)N(O)C(=O)c2oc3ccccc3c2COCCOC)cc1. The third kappa shape index (κ3) is 5.64. The van der Waals surface area contributed by atoms with E-state index in [0.29, 0.717) is 47.2 Å². The molecule has 3 rings (SSSR count). The van der Waals surface area contributed by atoms with Gasteiger partial charge in [0.25, 0.3) is 0 Å². The number of ether oxygens (including phenoxy) is 3. The summed E-state index contributed by atoms with van der Waals surface area (Å²) in [7, 11) is 1.59. The summed E-state index contributed by atoms with van der Waals surface area (Å²) in [6.07, 6.45) is 0.483. The molecule has 31 heavy (non-hydrogen) atoms. The molecule has 7 heteroatoms. The average Bonchev–Trinajstić information content (AvgIpc) is 3.16. The van der Waals surface area contributed by atoms with Crippen LogP contribution in [-0.2, 0) is 16.1 Å². The molecule has 0 spiro atoms. The summed E-state index contributed by atoms with van der Waals surface area (Å²) in [5.41, 5.74) is 1.77. The Hall–Kier alpha value is -2.87. The normalized spacial score (nSPS) is 12.1. The third-order valence-electron chi connectivity index (χ3n) is 4.92. The van der Waals surface area contributed by atoms with Crippen LogP contribution in [0.3, 0.4) is 0 Å². The second-order valence-electron chi connectivity index (χ2n) is 7.04. The summed E-state index contributed by atoms with van der Waals surface area (Å²) < 4.78 is 22.1. The highest BCUT2D eigenvalue weighted by Gasteiger charge is 2.29. The van der Waals surface area contributed by atoms with Gasteiger partial charge in [-0.25, -0.2) is 5.06 Å². The molecular formula is C24H27NO6. The topological polar surface area (TPSA) is 81.4 Å². The van der Waals surface area contributed by atoms with Crippen molar-refractivity contribution in [3.63, 3.8) is 0 Å². The van der Waals surface area contributed by atoms with Crippen molar-refractivity contribution in [3.05, 3.63) is 72.3 Å². The van der Waals surface area contributed by atoms with Crippen LogP contribution in [0.4, 0.5) is 0 Å². The molecule has 1 heterocycles. The monoisotopic (exact) mass is 425 g/mol. The molecule has 2 radical (unpaired) electrons. The first-order valence-electron chi connectivity index (χ1n) is 10.1. The van der Waals surface area contributed by atoms with Crippen LogP contribution >= 0.6 is 0 Å². The highest BCUT2D eigenvalue weighted by molar-refractivity contribution is 5.98. The number of fused-ring (bicyclic) bond motifs is 1. The number of carbonyl (C=O) groups excluding carboxylic acids is 1.